The van der Waals surface area contributed by atoms with E-state index in [1.807, 2.05) is 42.5 Å². The number of pyridine rings is 1. The van der Waals surface area contributed by atoms with Gasteiger partial charge in [0.15, 0.2) is 5.58 Å². The van der Waals surface area contributed by atoms with Crippen molar-refractivity contribution >= 4 is 33.0 Å². The third kappa shape index (κ3) is 1.80. The topological polar surface area (TPSA) is 64.7 Å². The second kappa shape index (κ2) is 4.58. The van der Waals surface area contributed by atoms with Gasteiger partial charge in [-0.2, -0.15) is 0 Å². The number of hydrogen-bond acceptors (Lipinski definition) is 5. The van der Waals surface area contributed by atoms with Crippen molar-refractivity contribution in [3.8, 4) is 11.3 Å². The van der Waals surface area contributed by atoms with Gasteiger partial charge in [0.25, 0.3) is 0 Å². The lowest BCUT2D eigenvalue weighted by atomic mass is 10.0. The molecule has 23 heavy (non-hydrogen) atoms. The highest BCUT2D eigenvalue weighted by atomic mass is 16.3. The van der Waals surface area contributed by atoms with Crippen molar-refractivity contribution in [1.82, 2.24) is 20.4 Å². The van der Waals surface area contributed by atoms with Gasteiger partial charge in [-0.05, 0) is 23.4 Å². The Labute approximate surface area is 130 Å². The zero-order chi connectivity index (χ0) is 15.2. The number of aromatic nitrogens is 4. The predicted octanol–water partition coefficient (Wildman–Crippen LogP) is 3.99. The van der Waals surface area contributed by atoms with Gasteiger partial charge in [-0.25, -0.2) is 4.98 Å². The van der Waals surface area contributed by atoms with Gasteiger partial charge in [-0.1, -0.05) is 36.4 Å². The normalized spacial score (nSPS) is 11.5. The molecule has 0 spiro atoms. The van der Waals surface area contributed by atoms with E-state index in [2.05, 4.69) is 27.5 Å². The lowest BCUT2D eigenvalue weighted by Crippen LogP contribution is -1.88. The van der Waals surface area contributed by atoms with E-state index in [1.165, 1.54) is 0 Å². The molecule has 0 unspecified atom stereocenters. The summed E-state index contributed by atoms with van der Waals surface area (Å²) in [5.74, 6) is 0. The molecule has 5 nitrogen and oxygen atoms in total. The summed E-state index contributed by atoms with van der Waals surface area (Å²) in [6.45, 7) is 0. The number of hydrogen-bond donors (Lipinski definition) is 0. The Hall–Kier alpha value is -3.34. The molecule has 0 saturated carbocycles. The minimum absolute atomic E-state index is 0.628. The summed E-state index contributed by atoms with van der Waals surface area (Å²) in [6, 6.07) is 18.1. The monoisotopic (exact) mass is 298 g/mol. The molecule has 0 saturated heterocycles. The molecule has 0 atom stereocenters. The highest BCUT2D eigenvalue weighted by molar-refractivity contribution is 6.10. The average molecular weight is 298 g/mol. The van der Waals surface area contributed by atoms with Crippen LogP contribution < -0.4 is 0 Å². The molecule has 5 heteroatoms. The Balaban J connectivity index is 1.87. The Morgan fingerprint density at radius 1 is 0.826 bits per heavy atom. The van der Waals surface area contributed by atoms with Crippen molar-refractivity contribution in [3.05, 3.63) is 60.8 Å². The third-order valence-electron chi connectivity index (χ3n) is 3.96. The van der Waals surface area contributed by atoms with Crippen LogP contribution in [0.15, 0.2) is 65.2 Å². The van der Waals surface area contributed by atoms with Gasteiger partial charge in [0, 0.05) is 10.9 Å². The van der Waals surface area contributed by atoms with Gasteiger partial charge in [-0.15, -0.1) is 10.2 Å². The highest BCUT2D eigenvalue weighted by Gasteiger charge is 2.14. The largest absolute Gasteiger partial charge is 0.453 e. The average Bonchev–Trinajstić information content (AvgIpc) is 3.00. The minimum atomic E-state index is 0.628. The van der Waals surface area contributed by atoms with Gasteiger partial charge in [-0.3, -0.25) is 0 Å². The molecular weight excluding hydrogens is 288 g/mol. The van der Waals surface area contributed by atoms with Crippen molar-refractivity contribution in [2.75, 3.05) is 0 Å². The Bertz CT molecular complexity index is 1180. The predicted molar refractivity (Wildman–Crippen MR) is 87.8 cm³/mol. The van der Waals surface area contributed by atoms with Crippen molar-refractivity contribution < 1.29 is 4.42 Å². The standard InChI is InChI=1S/C18H10N4O/c1-2-6-13-11(4-1)8-9-14(20-13)12-5-3-7-15-17(12)18-16(23-15)10-19-22-21-18/h1-10H. The van der Waals surface area contributed by atoms with E-state index in [-0.39, 0.29) is 0 Å². The van der Waals surface area contributed by atoms with Crippen LogP contribution in [0.5, 0.6) is 0 Å². The quantitative estimate of drug-likeness (QED) is 0.468. The molecule has 5 rings (SSSR count). The van der Waals surface area contributed by atoms with Crippen LogP contribution in [-0.4, -0.2) is 20.4 Å². The van der Waals surface area contributed by atoms with Crippen LogP contribution in [0.25, 0.3) is 44.2 Å². The second-order valence-corrected chi connectivity index (χ2v) is 5.32. The first kappa shape index (κ1) is 12.2. The smallest absolute Gasteiger partial charge is 0.175 e. The molecule has 5 aromatic rings. The highest BCUT2D eigenvalue weighted by Crippen LogP contribution is 2.34. The van der Waals surface area contributed by atoms with E-state index < -0.39 is 0 Å². The number of furan rings is 1. The number of fused-ring (bicyclic) bond motifs is 4. The lowest BCUT2D eigenvalue weighted by molar-refractivity contribution is 0.661. The summed E-state index contributed by atoms with van der Waals surface area (Å²) in [4.78, 5) is 4.78. The summed E-state index contributed by atoms with van der Waals surface area (Å²) in [7, 11) is 0. The van der Waals surface area contributed by atoms with E-state index >= 15 is 0 Å². The number of benzene rings is 2. The first-order chi connectivity index (χ1) is 11.4. The minimum Gasteiger partial charge on any atom is -0.453 e. The third-order valence-corrected chi connectivity index (χ3v) is 3.96. The molecule has 0 fully saturated rings. The molecule has 0 N–H and O–H groups in total. The molecule has 0 aliphatic carbocycles. The molecule has 2 aromatic carbocycles. The first-order valence-electron chi connectivity index (χ1n) is 7.26. The Kier molecular flexibility index (Phi) is 2.43. The van der Waals surface area contributed by atoms with Crippen LogP contribution in [0, 0.1) is 0 Å². The first-order valence-corrected chi connectivity index (χ1v) is 7.26. The van der Waals surface area contributed by atoms with Crippen LogP contribution >= 0.6 is 0 Å². The molecule has 3 aromatic heterocycles. The van der Waals surface area contributed by atoms with E-state index in [1.54, 1.807) is 6.20 Å². The summed E-state index contributed by atoms with van der Waals surface area (Å²) >= 11 is 0. The van der Waals surface area contributed by atoms with Crippen molar-refractivity contribution in [1.29, 1.82) is 0 Å². The van der Waals surface area contributed by atoms with Crippen LogP contribution in [0.2, 0.25) is 0 Å². The summed E-state index contributed by atoms with van der Waals surface area (Å²) in [5, 5.41) is 13.7. The molecule has 0 bridgehead atoms. The van der Waals surface area contributed by atoms with Crippen LogP contribution in [0.3, 0.4) is 0 Å². The molecule has 0 amide bonds. The van der Waals surface area contributed by atoms with Gasteiger partial charge in [0.1, 0.15) is 11.1 Å². The Morgan fingerprint density at radius 2 is 1.78 bits per heavy atom. The van der Waals surface area contributed by atoms with E-state index in [9.17, 15) is 0 Å². The maximum Gasteiger partial charge on any atom is 0.175 e. The van der Waals surface area contributed by atoms with Gasteiger partial charge in [0.2, 0.25) is 0 Å². The maximum atomic E-state index is 5.81. The van der Waals surface area contributed by atoms with E-state index in [0.717, 1.165) is 33.1 Å². The van der Waals surface area contributed by atoms with Gasteiger partial charge < -0.3 is 4.42 Å². The van der Waals surface area contributed by atoms with Crippen LogP contribution in [-0.2, 0) is 0 Å². The lowest BCUT2D eigenvalue weighted by Gasteiger charge is -2.04. The van der Waals surface area contributed by atoms with Gasteiger partial charge >= 0.3 is 0 Å². The fourth-order valence-corrected chi connectivity index (χ4v) is 2.92. The van der Waals surface area contributed by atoms with Gasteiger partial charge in [0.05, 0.1) is 22.8 Å². The molecule has 0 aliphatic rings. The molecule has 108 valence electrons. The van der Waals surface area contributed by atoms with Crippen molar-refractivity contribution in [3.63, 3.8) is 0 Å². The number of nitrogens with zero attached hydrogens (tertiary/aromatic N) is 4. The summed E-state index contributed by atoms with van der Waals surface area (Å²) in [5.41, 5.74) is 4.92. The van der Waals surface area contributed by atoms with E-state index in [0.29, 0.717) is 11.1 Å². The number of rotatable bonds is 1. The molecule has 0 aliphatic heterocycles. The molecule has 3 heterocycles. The fourth-order valence-electron chi connectivity index (χ4n) is 2.92. The SMILES string of the molecule is c1ccc2nc(-c3cccc4oc5cnnnc5c34)ccc2c1. The molecule has 0 radical (unpaired) electrons. The van der Waals surface area contributed by atoms with E-state index in [4.69, 9.17) is 9.40 Å². The zero-order valence-corrected chi connectivity index (χ0v) is 12.0. The van der Waals surface area contributed by atoms with Crippen LogP contribution in [0.1, 0.15) is 0 Å². The maximum absolute atomic E-state index is 5.81. The van der Waals surface area contributed by atoms with Crippen LogP contribution in [0.4, 0.5) is 0 Å². The second-order valence-electron chi connectivity index (χ2n) is 5.32. The molecular formula is C18H10N4O. The summed E-state index contributed by atoms with van der Waals surface area (Å²) in [6.07, 6.45) is 1.58. The van der Waals surface area contributed by atoms with Crippen molar-refractivity contribution in [2.24, 2.45) is 0 Å². The fraction of sp³-hybridized carbons (Fsp3) is 0. The Morgan fingerprint density at radius 3 is 2.78 bits per heavy atom. The zero-order valence-electron chi connectivity index (χ0n) is 12.0. The van der Waals surface area contributed by atoms with Crippen molar-refractivity contribution in [2.45, 2.75) is 0 Å². The number of para-hydroxylation sites is 1. The summed E-state index contributed by atoms with van der Waals surface area (Å²) < 4.78 is 5.81.